The van der Waals surface area contributed by atoms with Gasteiger partial charge in [-0.1, -0.05) is 60.9 Å². The van der Waals surface area contributed by atoms with E-state index in [1.54, 1.807) is 18.2 Å². The fourth-order valence-electron chi connectivity index (χ4n) is 3.62. The predicted octanol–water partition coefficient (Wildman–Crippen LogP) is 5.33. The summed E-state index contributed by atoms with van der Waals surface area (Å²) < 4.78 is 1.52. The number of hydrogen-bond acceptors (Lipinski definition) is 6. The highest BCUT2D eigenvalue weighted by Crippen LogP contribution is 2.41. The van der Waals surface area contributed by atoms with Crippen LogP contribution in [0.2, 0.25) is 10.0 Å². The summed E-state index contributed by atoms with van der Waals surface area (Å²) in [5.74, 6) is -0.532. The summed E-state index contributed by atoms with van der Waals surface area (Å²) in [6, 6.07) is 11.0. The summed E-state index contributed by atoms with van der Waals surface area (Å²) in [5, 5.41) is 25.0. The van der Waals surface area contributed by atoms with E-state index < -0.39 is 11.4 Å². The van der Waals surface area contributed by atoms with Crippen LogP contribution in [0.4, 0.5) is 5.69 Å². The number of carboxylic acid groups (broad SMARTS) is 1. The number of aromatic nitrogens is 4. The van der Waals surface area contributed by atoms with Crippen LogP contribution in [0.25, 0.3) is 5.69 Å². The van der Waals surface area contributed by atoms with Crippen molar-refractivity contribution >= 4 is 52.5 Å². The molecule has 0 aliphatic heterocycles. The van der Waals surface area contributed by atoms with Crippen LogP contribution < -0.4 is 5.32 Å². The number of hydrogen-bond donors (Lipinski definition) is 2. The van der Waals surface area contributed by atoms with Gasteiger partial charge >= 0.3 is 5.97 Å². The zero-order valence-corrected chi connectivity index (χ0v) is 20.9. The average Bonchev–Trinajstić information content (AvgIpc) is 3.51. The van der Waals surface area contributed by atoms with Gasteiger partial charge in [-0.2, -0.15) is 4.68 Å². The Morgan fingerprint density at radius 1 is 1.18 bits per heavy atom. The zero-order chi connectivity index (χ0) is 24.5. The molecule has 4 rings (SSSR count). The van der Waals surface area contributed by atoms with Gasteiger partial charge in [0.15, 0.2) is 0 Å². The highest BCUT2D eigenvalue weighted by molar-refractivity contribution is 7.99. The molecule has 1 amide bonds. The van der Waals surface area contributed by atoms with Crippen LogP contribution in [0.5, 0.6) is 0 Å². The fourth-order valence-corrected chi connectivity index (χ4v) is 4.80. The van der Waals surface area contributed by atoms with Crippen molar-refractivity contribution in [3.63, 3.8) is 0 Å². The molecule has 1 aliphatic carbocycles. The number of nitrogens with one attached hydrogen (secondary N) is 1. The number of halogens is 2. The molecule has 8 nitrogen and oxygen atoms in total. The van der Waals surface area contributed by atoms with Crippen LogP contribution in [0.15, 0.2) is 41.6 Å². The van der Waals surface area contributed by atoms with Gasteiger partial charge in [0.2, 0.25) is 11.1 Å². The number of thioether (sulfide) groups is 1. The van der Waals surface area contributed by atoms with E-state index in [4.69, 9.17) is 28.3 Å². The lowest BCUT2D eigenvalue weighted by atomic mass is 9.81. The first-order chi connectivity index (χ1) is 16.1. The number of anilines is 1. The summed E-state index contributed by atoms with van der Waals surface area (Å²) in [6.07, 6.45) is 2.33. The number of aliphatic carboxylic acids is 1. The lowest BCUT2D eigenvalue weighted by Crippen LogP contribution is -2.22. The molecule has 3 aromatic rings. The molecule has 0 saturated heterocycles. The summed E-state index contributed by atoms with van der Waals surface area (Å²) >= 11 is 14.0. The van der Waals surface area contributed by atoms with Gasteiger partial charge in [0.05, 0.1) is 33.6 Å². The van der Waals surface area contributed by atoms with E-state index in [1.807, 2.05) is 32.0 Å². The Balaban J connectivity index is 1.40. The van der Waals surface area contributed by atoms with E-state index in [-0.39, 0.29) is 18.1 Å². The van der Waals surface area contributed by atoms with Crippen molar-refractivity contribution in [1.29, 1.82) is 0 Å². The Hall–Kier alpha value is -2.62. The first-order valence-electron chi connectivity index (χ1n) is 10.7. The third kappa shape index (κ3) is 5.71. The van der Waals surface area contributed by atoms with Gasteiger partial charge in [-0.3, -0.25) is 9.59 Å². The van der Waals surface area contributed by atoms with Crippen LogP contribution in [0, 0.1) is 0 Å². The molecule has 11 heteroatoms. The van der Waals surface area contributed by atoms with Gasteiger partial charge in [0, 0.05) is 5.41 Å². The molecular weight excluding hydrogens is 497 g/mol. The minimum atomic E-state index is -0.891. The number of benzene rings is 2. The van der Waals surface area contributed by atoms with Crippen LogP contribution in [-0.4, -0.2) is 42.9 Å². The Kier molecular flexibility index (Phi) is 7.16. The lowest BCUT2D eigenvalue weighted by molar-refractivity contribution is -0.138. The highest BCUT2D eigenvalue weighted by atomic mass is 35.5. The summed E-state index contributed by atoms with van der Waals surface area (Å²) in [7, 11) is 0. The molecule has 34 heavy (non-hydrogen) atoms. The third-order valence-electron chi connectivity index (χ3n) is 5.64. The predicted molar refractivity (Wildman–Crippen MR) is 132 cm³/mol. The van der Waals surface area contributed by atoms with Gasteiger partial charge in [-0.15, -0.1) is 5.10 Å². The van der Waals surface area contributed by atoms with Crippen molar-refractivity contribution in [3.05, 3.63) is 57.6 Å². The molecule has 1 heterocycles. The molecule has 2 aromatic carbocycles. The summed E-state index contributed by atoms with van der Waals surface area (Å²) in [4.78, 5) is 23.7. The van der Waals surface area contributed by atoms with E-state index in [0.29, 0.717) is 32.5 Å². The molecule has 0 bridgehead atoms. The number of carboxylic acids is 1. The highest BCUT2D eigenvalue weighted by Gasteiger charge is 2.26. The minimum Gasteiger partial charge on any atom is -0.481 e. The van der Waals surface area contributed by atoms with E-state index in [2.05, 4.69) is 20.8 Å². The molecule has 1 fully saturated rings. The van der Waals surface area contributed by atoms with Crippen molar-refractivity contribution in [2.75, 3.05) is 11.1 Å². The van der Waals surface area contributed by atoms with Gasteiger partial charge in [-0.05, 0) is 64.6 Å². The van der Waals surface area contributed by atoms with Crippen molar-refractivity contribution in [1.82, 2.24) is 20.2 Å². The first kappa shape index (κ1) is 24.5. The molecule has 1 saturated carbocycles. The van der Waals surface area contributed by atoms with Gasteiger partial charge < -0.3 is 10.4 Å². The smallest absolute Gasteiger partial charge is 0.304 e. The number of rotatable bonds is 9. The average molecular weight is 520 g/mol. The summed E-state index contributed by atoms with van der Waals surface area (Å²) in [5.41, 5.74) is 2.49. The maximum atomic E-state index is 12.6. The van der Waals surface area contributed by atoms with Crippen molar-refractivity contribution < 1.29 is 14.7 Å². The fraction of sp³-hybridized carbons (Fsp3) is 0.348. The Morgan fingerprint density at radius 3 is 2.59 bits per heavy atom. The number of nitrogens with zero attached hydrogens (tertiary/aromatic N) is 4. The molecule has 0 atom stereocenters. The quantitative estimate of drug-likeness (QED) is 0.367. The van der Waals surface area contributed by atoms with Crippen LogP contribution in [-0.2, 0) is 15.0 Å². The van der Waals surface area contributed by atoms with Crippen molar-refractivity contribution in [2.24, 2.45) is 0 Å². The number of carbonyl (C=O) groups is 2. The molecule has 0 spiro atoms. The maximum Gasteiger partial charge on any atom is 0.304 e. The monoisotopic (exact) mass is 519 g/mol. The number of tetrazole rings is 1. The van der Waals surface area contributed by atoms with E-state index >= 15 is 0 Å². The van der Waals surface area contributed by atoms with Gasteiger partial charge in [0.25, 0.3) is 0 Å². The number of amides is 1. The van der Waals surface area contributed by atoms with E-state index in [9.17, 15) is 9.59 Å². The molecule has 178 valence electrons. The molecular formula is C23H23Cl2N5O3S. The van der Waals surface area contributed by atoms with Crippen LogP contribution in [0.1, 0.15) is 50.2 Å². The standard InChI is InChI=1S/C23H23Cl2N5O3S/c1-23(2,11-21(32)33)15-6-7-18(16(24)10-15)26-20(31)12-34-22-27-28-29-30(22)19-8-5-14(9-17(19)25)13-3-4-13/h5-10,13H,3-4,11-12H2,1-2H3,(H,26,31)(H,32,33). The number of carbonyl (C=O) groups excluding carboxylic acids is 1. The second kappa shape index (κ2) is 9.93. The normalized spacial score (nSPS) is 13.6. The zero-order valence-electron chi connectivity index (χ0n) is 18.6. The lowest BCUT2D eigenvalue weighted by Gasteiger charge is -2.23. The van der Waals surface area contributed by atoms with E-state index in [1.165, 1.54) is 34.8 Å². The Bertz CT molecular complexity index is 1240. The third-order valence-corrected chi connectivity index (χ3v) is 7.17. The molecule has 1 aromatic heterocycles. The largest absolute Gasteiger partial charge is 0.481 e. The molecule has 1 aliphatic rings. The summed E-state index contributed by atoms with van der Waals surface area (Å²) in [6.45, 7) is 3.66. The topological polar surface area (TPSA) is 110 Å². The maximum absolute atomic E-state index is 12.6. The molecule has 2 N–H and O–H groups in total. The minimum absolute atomic E-state index is 0.0340. The van der Waals surface area contributed by atoms with Crippen molar-refractivity contribution in [3.8, 4) is 5.69 Å². The van der Waals surface area contributed by atoms with Crippen LogP contribution in [0.3, 0.4) is 0 Å². The van der Waals surface area contributed by atoms with Crippen molar-refractivity contribution in [2.45, 2.75) is 49.6 Å². The first-order valence-corrected chi connectivity index (χ1v) is 12.4. The Morgan fingerprint density at radius 2 is 1.94 bits per heavy atom. The second-order valence-corrected chi connectivity index (χ2v) is 10.6. The van der Waals surface area contributed by atoms with E-state index in [0.717, 1.165) is 5.56 Å². The Labute approximate surface area is 211 Å². The molecule has 0 radical (unpaired) electrons. The SMILES string of the molecule is CC(C)(CC(=O)O)c1ccc(NC(=O)CSc2nnnn2-c2ccc(C3CC3)cc2Cl)c(Cl)c1. The van der Waals surface area contributed by atoms with Crippen LogP contribution >= 0.6 is 35.0 Å². The second-order valence-electron chi connectivity index (χ2n) is 8.84. The van der Waals surface area contributed by atoms with Gasteiger partial charge in [-0.25, -0.2) is 0 Å². The molecule has 0 unspecified atom stereocenters. The van der Waals surface area contributed by atoms with Gasteiger partial charge in [0.1, 0.15) is 0 Å².